The summed E-state index contributed by atoms with van der Waals surface area (Å²) >= 11 is 0. The number of aromatic amines is 1. The maximum absolute atomic E-state index is 11.6. The minimum absolute atomic E-state index is 0.219. The summed E-state index contributed by atoms with van der Waals surface area (Å²) in [4.78, 5) is 15.7. The molecule has 3 heterocycles. The van der Waals surface area contributed by atoms with Gasteiger partial charge in [0.05, 0.1) is 5.69 Å². The van der Waals surface area contributed by atoms with E-state index in [2.05, 4.69) is 26.6 Å². The lowest BCUT2D eigenvalue weighted by Gasteiger charge is -2.10. The number of nitrogens with zero attached hydrogens (tertiary/aromatic N) is 3. The molecule has 0 atom stereocenters. The number of aryl methyl sites for hydroxylation is 2. The van der Waals surface area contributed by atoms with Crippen molar-refractivity contribution in [1.29, 1.82) is 0 Å². The Hall–Kier alpha value is -2.63. The van der Waals surface area contributed by atoms with Gasteiger partial charge in [-0.25, -0.2) is 14.3 Å². The van der Waals surface area contributed by atoms with Gasteiger partial charge in [-0.3, -0.25) is 4.98 Å². The van der Waals surface area contributed by atoms with E-state index in [0.717, 1.165) is 30.6 Å². The zero-order valence-corrected chi connectivity index (χ0v) is 11.8. The van der Waals surface area contributed by atoms with Crippen LogP contribution in [0, 0.1) is 6.92 Å². The first-order valence-corrected chi connectivity index (χ1v) is 6.95. The van der Waals surface area contributed by atoms with Gasteiger partial charge in [-0.1, -0.05) is 6.07 Å². The van der Waals surface area contributed by atoms with Crippen molar-refractivity contribution in [3.05, 3.63) is 58.4 Å². The van der Waals surface area contributed by atoms with E-state index in [1.165, 1.54) is 9.96 Å². The second kappa shape index (κ2) is 5.78. The van der Waals surface area contributed by atoms with E-state index in [0.29, 0.717) is 5.65 Å². The summed E-state index contributed by atoms with van der Waals surface area (Å²) in [6.07, 6.45) is 7.36. The van der Waals surface area contributed by atoms with Crippen LogP contribution in [-0.2, 0) is 6.42 Å². The van der Waals surface area contributed by atoms with Gasteiger partial charge in [-0.2, -0.15) is 5.10 Å². The van der Waals surface area contributed by atoms with E-state index in [1.54, 1.807) is 12.4 Å². The molecule has 3 rings (SSSR count). The van der Waals surface area contributed by atoms with Crippen LogP contribution in [0.5, 0.6) is 0 Å². The van der Waals surface area contributed by atoms with Crippen LogP contribution in [-0.4, -0.2) is 26.1 Å². The summed E-state index contributed by atoms with van der Waals surface area (Å²) in [6, 6.07) is 5.93. The van der Waals surface area contributed by atoms with Crippen LogP contribution in [0.25, 0.3) is 5.65 Å². The molecule has 0 radical (unpaired) electrons. The van der Waals surface area contributed by atoms with E-state index in [4.69, 9.17) is 0 Å². The average Bonchev–Trinajstić information content (AvgIpc) is 2.88. The summed E-state index contributed by atoms with van der Waals surface area (Å²) in [5.74, 6) is 0. The molecule has 0 aromatic carbocycles. The van der Waals surface area contributed by atoms with E-state index in [-0.39, 0.29) is 5.69 Å². The molecule has 108 valence electrons. The van der Waals surface area contributed by atoms with E-state index >= 15 is 0 Å². The van der Waals surface area contributed by atoms with Crippen LogP contribution >= 0.6 is 0 Å². The Bertz CT molecular complexity index is 791. The monoisotopic (exact) mass is 283 g/mol. The summed E-state index contributed by atoms with van der Waals surface area (Å²) in [7, 11) is 0. The summed E-state index contributed by atoms with van der Waals surface area (Å²) in [5, 5.41) is 9.92. The lowest BCUT2D eigenvalue weighted by molar-refractivity contribution is 0.857. The van der Waals surface area contributed by atoms with Crippen molar-refractivity contribution in [3.63, 3.8) is 0 Å². The Balaban J connectivity index is 1.68. The lowest BCUT2D eigenvalue weighted by Crippen LogP contribution is -2.11. The number of nitrogens with one attached hydrogen (secondary N) is 2. The lowest BCUT2D eigenvalue weighted by atomic mass is 10.1. The Morgan fingerprint density at radius 1 is 1.38 bits per heavy atom. The Morgan fingerprint density at radius 3 is 3.10 bits per heavy atom. The molecule has 0 amide bonds. The largest absolute Gasteiger partial charge is 0.382 e. The fourth-order valence-electron chi connectivity index (χ4n) is 2.34. The third-order valence-electron chi connectivity index (χ3n) is 3.46. The fourth-order valence-corrected chi connectivity index (χ4v) is 2.34. The van der Waals surface area contributed by atoms with Crippen molar-refractivity contribution in [3.8, 4) is 0 Å². The molecule has 0 aliphatic carbocycles. The number of fused-ring (bicyclic) bond motifs is 1. The molecule has 0 aliphatic rings. The molecule has 0 bridgehead atoms. The number of H-pyrrole nitrogens is 1. The molecule has 2 N–H and O–H groups in total. The van der Waals surface area contributed by atoms with E-state index < -0.39 is 0 Å². The first kappa shape index (κ1) is 13.4. The second-order valence-corrected chi connectivity index (χ2v) is 4.99. The summed E-state index contributed by atoms with van der Waals surface area (Å²) in [5.41, 5.74) is 3.62. The summed E-state index contributed by atoms with van der Waals surface area (Å²) < 4.78 is 1.51. The Morgan fingerprint density at radius 2 is 2.29 bits per heavy atom. The van der Waals surface area contributed by atoms with Crippen molar-refractivity contribution in [2.45, 2.75) is 19.8 Å². The van der Waals surface area contributed by atoms with Crippen LogP contribution in [0.1, 0.15) is 17.5 Å². The maximum atomic E-state index is 11.6. The van der Waals surface area contributed by atoms with Gasteiger partial charge in [-0.05, 0) is 43.0 Å². The molecule has 0 aliphatic heterocycles. The van der Waals surface area contributed by atoms with E-state index in [1.807, 2.05) is 25.3 Å². The molecular weight excluding hydrogens is 266 g/mol. The molecule has 0 spiro atoms. The highest BCUT2D eigenvalue weighted by Gasteiger charge is 2.08. The maximum Gasteiger partial charge on any atom is 0.347 e. The first-order chi connectivity index (χ1) is 10.3. The second-order valence-electron chi connectivity index (χ2n) is 4.99. The van der Waals surface area contributed by atoms with Crippen molar-refractivity contribution >= 4 is 11.3 Å². The molecule has 6 nitrogen and oxygen atoms in total. The number of hydrogen-bond acceptors (Lipinski definition) is 4. The molecule has 0 saturated carbocycles. The third kappa shape index (κ3) is 2.79. The normalized spacial score (nSPS) is 10.9. The first-order valence-electron chi connectivity index (χ1n) is 6.95. The van der Waals surface area contributed by atoms with Gasteiger partial charge in [0.25, 0.3) is 0 Å². The number of hydrogen-bond donors (Lipinski definition) is 2. The predicted molar refractivity (Wildman–Crippen MR) is 81.6 cm³/mol. The van der Waals surface area contributed by atoms with Gasteiger partial charge in [0.2, 0.25) is 0 Å². The van der Waals surface area contributed by atoms with Gasteiger partial charge >= 0.3 is 5.69 Å². The average molecular weight is 283 g/mol. The number of aromatic nitrogens is 4. The van der Waals surface area contributed by atoms with Crippen molar-refractivity contribution in [1.82, 2.24) is 19.6 Å². The van der Waals surface area contributed by atoms with Gasteiger partial charge in [0.1, 0.15) is 0 Å². The minimum atomic E-state index is -0.219. The van der Waals surface area contributed by atoms with Gasteiger partial charge in [-0.15, -0.1) is 0 Å². The quantitative estimate of drug-likeness (QED) is 0.700. The molecule has 0 saturated heterocycles. The highest BCUT2D eigenvalue weighted by Crippen LogP contribution is 2.18. The van der Waals surface area contributed by atoms with Crippen LogP contribution in [0.3, 0.4) is 0 Å². The molecule has 0 fully saturated rings. The molecule has 6 heteroatoms. The van der Waals surface area contributed by atoms with Gasteiger partial charge < -0.3 is 5.32 Å². The highest BCUT2D eigenvalue weighted by molar-refractivity contribution is 5.70. The zero-order valence-electron chi connectivity index (χ0n) is 11.8. The van der Waals surface area contributed by atoms with E-state index in [9.17, 15) is 4.79 Å². The third-order valence-corrected chi connectivity index (χ3v) is 3.46. The number of rotatable bonds is 5. The zero-order chi connectivity index (χ0) is 14.7. The van der Waals surface area contributed by atoms with Crippen LogP contribution in [0.2, 0.25) is 0 Å². The molecule has 3 aromatic heterocycles. The Labute approximate surface area is 121 Å². The highest BCUT2D eigenvalue weighted by atomic mass is 16.1. The van der Waals surface area contributed by atoms with Gasteiger partial charge in [0, 0.05) is 25.1 Å². The van der Waals surface area contributed by atoms with Crippen molar-refractivity contribution in [2.75, 3.05) is 11.9 Å². The van der Waals surface area contributed by atoms with Crippen molar-refractivity contribution in [2.24, 2.45) is 0 Å². The Kier molecular flexibility index (Phi) is 3.68. The standard InChI is InChI=1S/C15H17N5O/c1-11-6-9-20-14(18-19-15(20)21)13(11)17-8-3-5-12-4-2-7-16-10-12/h2,4,6-7,9-10,17H,3,5,8H2,1H3,(H,19,21). The molecule has 3 aromatic rings. The van der Waals surface area contributed by atoms with Crippen LogP contribution in [0.15, 0.2) is 41.6 Å². The summed E-state index contributed by atoms with van der Waals surface area (Å²) in [6.45, 7) is 2.82. The molecular formula is C15H17N5O. The van der Waals surface area contributed by atoms with Crippen molar-refractivity contribution < 1.29 is 0 Å². The van der Waals surface area contributed by atoms with Crippen LogP contribution < -0.4 is 11.0 Å². The smallest absolute Gasteiger partial charge is 0.347 e. The minimum Gasteiger partial charge on any atom is -0.382 e. The number of pyridine rings is 2. The molecule has 21 heavy (non-hydrogen) atoms. The fraction of sp³-hybridized carbons (Fsp3) is 0.267. The SMILES string of the molecule is Cc1ccn2c(=O)[nH]nc2c1NCCCc1cccnc1. The van der Waals surface area contributed by atoms with Crippen LogP contribution in [0.4, 0.5) is 5.69 Å². The predicted octanol–water partition coefficient (Wildman–Crippen LogP) is 1.77. The van der Waals surface area contributed by atoms with Gasteiger partial charge in [0.15, 0.2) is 5.65 Å². The topological polar surface area (TPSA) is 75.1 Å². The molecule has 0 unspecified atom stereocenters. The number of anilines is 1.